The van der Waals surface area contributed by atoms with Crippen LogP contribution < -0.4 is 4.90 Å². The second kappa shape index (κ2) is 5.62. The third kappa shape index (κ3) is 3.25. The molecule has 0 amide bonds. The Morgan fingerprint density at radius 2 is 1.95 bits per heavy atom. The van der Waals surface area contributed by atoms with Crippen LogP contribution in [-0.2, 0) is 10.0 Å². The number of aromatic nitrogens is 1. The lowest BCUT2D eigenvalue weighted by molar-refractivity contribution is -0.384. The second-order valence-electron chi connectivity index (χ2n) is 4.40. The van der Waals surface area contributed by atoms with Gasteiger partial charge < -0.3 is 4.90 Å². The Morgan fingerprint density at radius 1 is 1.35 bits per heavy atom. The van der Waals surface area contributed by atoms with Gasteiger partial charge in [-0.05, 0) is 15.9 Å². The van der Waals surface area contributed by atoms with Crippen LogP contribution in [0.1, 0.15) is 0 Å². The highest BCUT2D eigenvalue weighted by atomic mass is 79.9. The smallest absolute Gasteiger partial charge is 0.312 e. The molecule has 0 saturated carbocycles. The molecule has 2 heterocycles. The number of hydrogen-bond donors (Lipinski definition) is 0. The molecular weight excluding hydrogens is 352 g/mol. The average molecular weight is 365 g/mol. The second-order valence-corrected chi connectivity index (χ2v) is 7.30. The average Bonchev–Trinajstić information content (AvgIpc) is 2.37. The fraction of sp³-hybridized carbons (Fsp3) is 0.500. The molecule has 2 rings (SSSR count). The summed E-state index contributed by atoms with van der Waals surface area (Å²) in [6.07, 6.45) is 2.65. The van der Waals surface area contributed by atoms with Crippen molar-refractivity contribution in [1.82, 2.24) is 9.29 Å². The van der Waals surface area contributed by atoms with E-state index in [0.29, 0.717) is 30.7 Å². The molecule has 8 nitrogen and oxygen atoms in total. The van der Waals surface area contributed by atoms with Crippen LogP contribution in [0.15, 0.2) is 16.7 Å². The van der Waals surface area contributed by atoms with Crippen molar-refractivity contribution >= 4 is 37.5 Å². The van der Waals surface area contributed by atoms with Crippen molar-refractivity contribution in [3.63, 3.8) is 0 Å². The molecule has 0 spiro atoms. The third-order valence-electron chi connectivity index (χ3n) is 3.02. The van der Waals surface area contributed by atoms with Gasteiger partial charge in [0.1, 0.15) is 0 Å². The zero-order valence-corrected chi connectivity index (χ0v) is 13.1. The number of pyridine rings is 1. The van der Waals surface area contributed by atoms with Crippen molar-refractivity contribution in [2.75, 3.05) is 37.3 Å². The van der Waals surface area contributed by atoms with Gasteiger partial charge in [0.05, 0.1) is 11.2 Å². The molecule has 0 aliphatic carbocycles. The molecule has 10 heteroatoms. The Labute approximate surface area is 124 Å². The molecule has 0 unspecified atom stereocenters. The van der Waals surface area contributed by atoms with E-state index < -0.39 is 14.9 Å². The Morgan fingerprint density at radius 3 is 2.45 bits per heavy atom. The van der Waals surface area contributed by atoms with E-state index in [1.54, 1.807) is 4.90 Å². The van der Waals surface area contributed by atoms with Gasteiger partial charge in [-0.15, -0.1) is 0 Å². The molecule has 1 aromatic heterocycles. The molecule has 1 saturated heterocycles. The van der Waals surface area contributed by atoms with Crippen molar-refractivity contribution in [1.29, 1.82) is 0 Å². The molecule has 1 fully saturated rings. The fourth-order valence-corrected chi connectivity index (χ4v) is 3.18. The maximum atomic E-state index is 11.4. The predicted octanol–water partition coefficient (Wildman–Crippen LogP) is 0.834. The minimum absolute atomic E-state index is 0.0906. The van der Waals surface area contributed by atoms with Gasteiger partial charge in [0, 0.05) is 42.9 Å². The van der Waals surface area contributed by atoms with E-state index in [4.69, 9.17) is 0 Å². The molecule has 0 bridgehead atoms. The van der Waals surface area contributed by atoms with Crippen LogP contribution in [0.4, 0.5) is 11.5 Å². The fourth-order valence-electron chi connectivity index (χ4n) is 2.03. The van der Waals surface area contributed by atoms with Crippen LogP contribution >= 0.6 is 15.9 Å². The number of hydrogen-bond acceptors (Lipinski definition) is 6. The molecule has 1 aliphatic rings. The van der Waals surface area contributed by atoms with Crippen LogP contribution in [0.3, 0.4) is 0 Å². The highest BCUT2D eigenvalue weighted by Crippen LogP contribution is 2.29. The first-order valence-corrected chi connectivity index (χ1v) is 8.43. The molecule has 0 N–H and O–H groups in total. The van der Waals surface area contributed by atoms with Gasteiger partial charge >= 0.3 is 5.69 Å². The van der Waals surface area contributed by atoms with Crippen LogP contribution in [-0.4, -0.2) is 55.1 Å². The SMILES string of the molecule is CS(=O)(=O)N1CCN(c2ncc(Br)cc2[N+](=O)[O-])CC1. The van der Waals surface area contributed by atoms with Crippen molar-refractivity contribution in [3.05, 3.63) is 26.9 Å². The Balaban J connectivity index is 2.21. The van der Waals surface area contributed by atoms with Crippen LogP contribution in [0.5, 0.6) is 0 Å². The first-order chi connectivity index (χ1) is 9.29. The summed E-state index contributed by atoms with van der Waals surface area (Å²) in [5.74, 6) is 0.270. The Hall–Kier alpha value is -1.26. The molecule has 0 aromatic carbocycles. The van der Waals surface area contributed by atoms with Crippen molar-refractivity contribution < 1.29 is 13.3 Å². The quantitative estimate of drug-likeness (QED) is 0.582. The first kappa shape index (κ1) is 15.1. The largest absolute Gasteiger partial charge is 0.348 e. The van der Waals surface area contributed by atoms with E-state index in [1.807, 2.05) is 0 Å². The monoisotopic (exact) mass is 364 g/mol. The minimum Gasteiger partial charge on any atom is -0.348 e. The minimum atomic E-state index is -3.22. The number of halogens is 1. The Kier molecular flexibility index (Phi) is 4.25. The zero-order valence-electron chi connectivity index (χ0n) is 10.7. The highest BCUT2D eigenvalue weighted by Gasteiger charge is 2.28. The summed E-state index contributed by atoms with van der Waals surface area (Å²) < 4.78 is 24.7. The van der Waals surface area contributed by atoms with Gasteiger partial charge in [-0.1, -0.05) is 0 Å². The maximum absolute atomic E-state index is 11.4. The normalized spacial score (nSPS) is 17.2. The van der Waals surface area contributed by atoms with Gasteiger partial charge in [0.15, 0.2) is 0 Å². The van der Waals surface area contributed by atoms with Gasteiger partial charge in [-0.25, -0.2) is 13.4 Å². The third-order valence-corrected chi connectivity index (χ3v) is 4.75. The highest BCUT2D eigenvalue weighted by molar-refractivity contribution is 9.10. The summed E-state index contributed by atoms with van der Waals surface area (Å²) in [5, 5.41) is 11.1. The Bertz CT molecular complexity index is 628. The summed E-state index contributed by atoms with van der Waals surface area (Å²) in [7, 11) is -3.22. The van der Waals surface area contributed by atoms with Crippen molar-refractivity contribution in [2.24, 2.45) is 0 Å². The molecule has 110 valence electrons. The van der Waals surface area contributed by atoms with E-state index in [0.717, 1.165) is 6.26 Å². The van der Waals surface area contributed by atoms with Gasteiger partial charge in [-0.3, -0.25) is 10.1 Å². The van der Waals surface area contributed by atoms with Crippen molar-refractivity contribution in [2.45, 2.75) is 0 Å². The number of nitro groups is 1. The summed E-state index contributed by atoms with van der Waals surface area (Å²) in [6.45, 7) is 1.35. The predicted molar refractivity (Wildman–Crippen MR) is 77.2 cm³/mol. The number of piperazine rings is 1. The summed E-state index contributed by atoms with van der Waals surface area (Å²) in [5.41, 5.74) is -0.0906. The molecule has 1 aromatic rings. The van der Waals surface area contributed by atoms with E-state index >= 15 is 0 Å². The van der Waals surface area contributed by atoms with Crippen LogP contribution in [0.25, 0.3) is 0 Å². The van der Waals surface area contributed by atoms with Gasteiger partial charge in [0.2, 0.25) is 15.8 Å². The lowest BCUT2D eigenvalue weighted by atomic mass is 10.3. The van der Waals surface area contributed by atoms with Gasteiger partial charge in [-0.2, -0.15) is 4.31 Å². The molecular formula is C10H13BrN4O4S. The zero-order chi connectivity index (χ0) is 14.9. The number of anilines is 1. The van der Waals surface area contributed by atoms with Crippen LogP contribution in [0, 0.1) is 10.1 Å². The number of rotatable bonds is 3. The maximum Gasteiger partial charge on any atom is 0.312 e. The van der Waals surface area contributed by atoms with E-state index in [2.05, 4.69) is 20.9 Å². The first-order valence-electron chi connectivity index (χ1n) is 5.79. The number of sulfonamides is 1. The summed E-state index contributed by atoms with van der Waals surface area (Å²) in [4.78, 5) is 16.4. The molecule has 0 atom stereocenters. The lowest BCUT2D eigenvalue weighted by Crippen LogP contribution is -2.48. The standard InChI is InChI=1S/C10H13BrN4O4S/c1-20(18,19)14-4-2-13(3-5-14)10-9(15(16)17)6-8(11)7-12-10/h6-7H,2-5H2,1H3. The molecule has 0 radical (unpaired) electrons. The van der Waals surface area contributed by atoms with Crippen LogP contribution in [0.2, 0.25) is 0 Å². The van der Waals surface area contributed by atoms with Gasteiger partial charge in [0.25, 0.3) is 0 Å². The topological polar surface area (TPSA) is 96.7 Å². The van der Waals surface area contributed by atoms with E-state index in [9.17, 15) is 18.5 Å². The lowest BCUT2D eigenvalue weighted by Gasteiger charge is -2.33. The summed E-state index contributed by atoms with van der Waals surface area (Å²) >= 11 is 3.15. The molecule has 1 aliphatic heterocycles. The van der Waals surface area contributed by atoms with Crippen molar-refractivity contribution in [3.8, 4) is 0 Å². The molecule has 20 heavy (non-hydrogen) atoms. The van der Waals surface area contributed by atoms with E-state index in [-0.39, 0.29) is 11.5 Å². The number of nitrogens with zero attached hydrogens (tertiary/aromatic N) is 4. The summed E-state index contributed by atoms with van der Waals surface area (Å²) in [6, 6.07) is 1.39. The van der Waals surface area contributed by atoms with E-state index in [1.165, 1.54) is 16.6 Å².